The standard InChI is InChI=1S/C48H30N6O/c1-5-14-31(15-6-1)32-24-26-36(27-25-32)46-49-43(33-16-7-2-8-17-33)51-47(52-46)37-28-29-41-40(30-37)38-22-13-23-39(42(38)55-41)48-53-44(34-18-9-3-10-19-34)50-45(54-48)35-20-11-4-12-21-35/h1-30H. The smallest absolute Gasteiger partial charge is 0.167 e. The summed E-state index contributed by atoms with van der Waals surface area (Å²) in [5, 5.41) is 1.87. The Hall–Kier alpha value is -7.64. The maximum Gasteiger partial charge on any atom is 0.167 e. The van der Waals surface area contributed by atoms with Crippen LogP contribution in [0, 0.1) is 0 Å². The van der Waals surface area contributed by atoms with Crippen molar-refractivity contribution in [3.63, 3.8) is 0 Å². The van der Waals surface area contributed by atoms with Crippen LogP contribution in [0.1, 0.15) is 0 Å². The van der Waals surface area contributed by atoms with Crippen LogP contribution in [0.15, 0.2) is 186 Å². The predicted molar refractivity (Wildman–Crippen MR) is 219 cm³/mol. The average Bonchev–Trinajstić information content (AvgIpc) is 3.66. The molecule has 0 aliphatic carbocycles. The Labute approximate surface area is 316 Å². The van der Waals surface area contributed by atoms with Crippen molar-refractivity contribution < 1.29 is 4.42 Å². The lowest BCUT2D eigenvalue weighted by atomic mass is 10.0. The Morgan fingerprint density at radius 2 is 0.655 bits per heavy atom. The van der Waals surface area contributed by atoms with E-state index < -0.39 is 0 Å². The SMILES string of the molecule is c1ccc(-c2ccc(-c3nc(-c4ccccc4)nc(-c4ccc5oc6c(-c7nc(-c8ccccc8)nc(-c8ccccc8)n7)cccc6c5c4)n3)cc2)cc1. The van der Waals surface area contributed by atoms with Gasteiger partial charge in [0.2, 0.25) is 0 Å². The fraction of sp³-hybridized carbons (Fsp3) is 0. The van der Waals surface area contributed by atoms with E-state index in [2.05, 4.69) is 48.5 Å². The van der Waals surface area contributed by atoms with E-state index in [1.54, 1.807) is 0 Å². The molecule has 7 heteroatoms. The quantitative estimate of drug-likeness (QED) is 0.163. The second-order valence-corrected chi connectivity index (χ2v) is 13.1. The second-order valence-electron chi connectivity index (χ2n) is 13.1. The molecule has 0 unspecified atom stereocenters. The van der Waals surface area contributed by atoms with Crippen LogP contribution in [-0.4, -0.2) is 29.9 Å². The first kappa shape index (κ1) is 32.0. The highest BCUT2D eigenvalue weighted by atomic mass is 16.3. The normalized spacial score (nSPS) is 11.3. The van der Waals surface area contributed by atoms with Gasteiger partial charge in [-0.15, -0.1) is 0 Å². The van der Waals surface area contributed by atoms with Crippen molar-refractivity contribution in [3.8, 4) is 79.5 Å². The van der Waals surface area contributed by atoms with Crippen molar-refractivity contribution in [1.82, 2.24) is 29.9 Å². The Bertz CT molecular complexity index is 2890. The van der Waals surface area contributed by atoms with E-state index in [0.717, 1.165) is 60.9 Å². The van der Waals surface area contributed by atoms with E-state index in [1.165, 1.54) is 0 Å². The summed E-state index contributed by atoms with van der Waals surface area (Å²) >= 11 is 0. The summed E-state index contributed by atoms with van der Waals surface area (Å²) in [4.78, 5) is 29.8. The number of para-hydroxylation sites is 1. The van der Waals surface area contributed by atoms with Gasteiger partial charge in [0.25, 0.3) is 0 Å². The van der Waals surface area contributed by atoms with Gasteiger partial charge in [-0.05, 0) is 35.4 Å². The van der Waals surface area contributed by atoms with Crippen LogP contribution in [0.25, 0.3) is 101 Å². The lowest BCUT2D eigenvalue weighted by molar-refractivity contribution is 0.669. The van der Waals surface area contributed by atoms with Crippen molar-refractivity contribution in [1.29, 1.82) is 0 Å². The Kier molecular flexibility index (Phi) is 8.00. The van der Waals surface area contributed by atoms with Gasteiger partial charge in [-0.1, -0.05) is 158 Å². The van der Waals surface area contributed by atoms with Crippen LogP contribution in [0.4, 0.5) is 0 Å². The lowest BCUT2D eigenvalue weighted by Gasteiger charge is -2.09. The van der Waals surface area contributed by atoms with E-state index >= 15 is 0 Å². The number of hydrogen-bond acceptors (Lipinski definition) is 7. The molecule has 10 rings (SSSR count). The molecule has 0 N–H and O–H groups in total. The fourth-order valence-corrected chi connectivity index (χ4v) is 6.84. The van der Waals surface area contributed by atoms with Crippen molar-refractivity contribution in [2.45, 2.75) is 0 Å². The molecular formula is C48H30N6O. The Balaban J connectivity index is 1.10. The number of benzene rings is 7. The molecule has 0 radical (unpaired) electrons. The van der Waals surface area contributed by atoms with Crippen LogP contribution in [0.3, 0.4) is 0 Å². The van der Waals surface area contributed by atoms with E-state index in [4.69, 9.17) is 34.3 Å². The molecule has 0 amide bonds. The lowest BCUT2D eigenvalue weighted by Crippen LogP contribution is -2.00. The summed E-state index contributed by atoms with van der Waals surface area (Å²) in [6, 6.07) is 60.8. The molecule has 55 heavy (non-hydrogen) atoms. The molecule has 0 saturated heterocycles. The zero-order valence-electron chi connectivity index (χ0n) is 29.4. The van der Waals surface area contributed by atoms with Gasteiger partial charge in [0, 0.05) is 38.6 Å². The van der Waals surface area contributed by atoms with E-state index in [0.29, 0.717) is 40.5 Å². The minimum absolute atomic E-state index is 0.533. The molecule has 0 aliphatic heterocycles. The number of nitrogens with zero attached hydrogens (tertiary/aromatic N) is 6. The van der Waals surface area contributed by atoms with Gasteiger partial charge < -0.3 is 4.42 Å². The molecule has 0 fully saturated rings. The van der Waals surface area contributed by atoms with Gasteiger partial charge in [-0.2, -0.15) is 0 Å². The summed E-state index contributed by atoms with van der Waals surface area (Å²) in [5.41, 5.74) is 8.97. The van der Waals surface area contributed by atoms with Crippen LogP contribution in [-0.2, 0) is 0 Å². The monoisotopic (exact) mass is 706 g/mol. The largest absolute Gasteiger partial charge is 0.455 e. The summed E-state index contributed by atoms with van der Waals surface area (Å²) in [6.07, 6.45) is 0. The molecule has 0 spiro atoms. The van der Waals surface area contributed by atoms with Crippen LogP contribution in [0.2, 0.25) is 0 Å². The first-order valence-corrected chi connectivity index (χ1v) is 18.0. The molecule has 3 heterocycles. The summed E-state index contributed by atoms with van der Waals surface area (Å²) < 4.78 is 6.60. The number of furan rings is 1. The Morgan fingerprint density at radius 3 is 1.16 bits per heavy atom. The molecule has 0 aliphatic rings. The minimum Gasteiger partial charge on any atom is -0.455 e. The second kappa shape index (κ2) is 13.7. The van der Waals surface area contributed by atoms with Gasteiger partial charge >= 0.3 is 0 Å². The number of aromatic nitrogens is 6. The highest BCUT2D eigenvalue weighted by molar-refractivity contribution is 6.10. The van der Waals surface area contributed by atoms with Crippen molar-refractivity contribution in [2.24, 2.45) is 0 Å². The highest BCUT2D eigenvalue weighted by Gasteiger charge is 2.19. The van der Waals surface area contributed by atoms with Gasteiger partial charge in [-0.25, -0.2) is 29.9 Å². The number of hydrogen-bond donors (Lipinski definition) is 0. The van der Waals surface area contributed by atoms with Crippen molar-refractivity contribution in [2.75, 3.05) is 0 Å². The third-order valence-electron chi connectivity index (χ3n) is 9.61. The van der Waals surface area contributed by atoms with E-state index in [1.807, 2.05) is 133 Å². The Morgan fingerprint density at radius 1 is 0.273 bits per heavy atom. The average molecular weight is 707 g/mol. The minimum atomic E-state index is 0.533. The van der Waals surface area contributed by atoms with Gasteiger partial charge in [0.05, 0.1) is 5.56 Å². The van der Waals surface area contributed by atoms with Gasteiger partial charge in [0.1, 0.15) is 11.2 Å². The molecule has 7 nitrogen and oxygen atoms in total. The summed E-state index contributed by atoms with van der Waals surface area (Å²) in [5.74, 6) is 3.49. The first-order valence-electron chi connectivity index (χ1n) is 18.0. The molecule has 10 aromatic rings. The highest BCUT2D eigenvalue weighted by Crippen LogP contribution is 2.38. The van der Waals surface area contributed by atoms with Crippen LogP contribution < -0.4 is 0 Å². The molecule has 0 atom stereocenters. The number of rotatable bonds is 7. The third-order valence-corrected chi connectivity index (χ3v) is 9.61. The topological polar surface area (TPSA) is 90.5 Å². The van der Waals surface area contributed by atoms with Gasteiger partial charge in [-0.3, -0.25) is 0 Å². The molecule has 258 valence electrons. The predicted octanol–water partition coefficient (Wildman–Crippen LogP) is 11.6. The van der Waals surface area contributed by atoms with Crippen molar-refractivity contribution >= 4 is 21.9 Å². The maximum atomic E-state index is 6.60. The maximum absolute atomic E-state index is 6.60. The van der Waals surface area contributed by atoms with Crippen molar-refractivity contribution in [3.05, 3.63) is 182 Å². The molecule has 7 aromatic carbocycles. The molecule has 3 aromatic heterocycles. The fourth-order valence-electron chi connectivity index (χ4n) is 6.84. The zero-order valence-corrected chi connectivity index (χ0v) is 29.4. The molecule has 0 saturated carbocycles. The summed E-state index contributed by atoms with van der Waals surface area (Å²) in [6.45, 7) is 0. The summed E-state index contributed by atoms with van der Waals surface area (Å²) in [7, 11) is 0. The van der Waals surface area contributed by atoms with E-state index in [-0.39, 0.29) is 0 Å². The third kappa shape index (κ3) is 6.19. The first-order chi connectivity index (χ1) is 27.2. The van der Waals surface area contributed by atoms with Crippen LogP contribution in [0.5, 0.6) is 0 Å². The van der Waals surface area contributed by atoms with E-state index in [9.17, 15) is 0 Å². The molecular weight excluding hydrogens is 677 g/mol. The molecule has 0 bridgehead atoms. The van der Waals surface area contributed by atoms with Crippen LogP contribution >= 0.6 is 0 Å². The van der Waals surface area contributed by atoms with Gasteiger partial charge in [0.15, 0.2) is 34.9 Å². The zero-order chi connectivity index (χ0) is 36.6. The number of fused-ring (bicyclic) bond motifs is 3.